The molecule has 1 aliphatic heterocycles. The summed E-state index contributed by atoms with van der Waals surface area (Å²) in [6.07, 6.45) is 1.84. The average molecular weight is 321 g/mol. The Morgan fingerprint density at radius 2 is 1.88 bits per heavy atom. The maximum absolute atomic E-state index is 12.0. The molecule has 0 aromatic heterocycles. The van der Waals surface area contributed by atoms with Gasteiger partial charge in [-0.1, -0.05) is 29.8 Å². The zero-order chi connectivity index (χ0) is 17.1. The van der Waals surface area contributed by atoms with Crippen LogP contribution in [0.15, 0.2) is 59.2 Å². The normalized spacial score (nSPS) is 15.6. The Bertz CT molecular complexity index is 817. The van der Waals surface area contributed by atoms with E-state index in [1.807, 2.05) is 69.3 Å². The van der Waals surface area contributed by atoms with E-state index in [9.17, 15) is 4.79 Å². The molecule has 4 nitrogen and oxygen atoms in total. The molecule has 0 atom stereocenters. The fraction of sp³-hybridized carbons (Fsp3) is 0.200. The van der Waals surface area contributed by atoms with Crippen molar-refractivity contribution in [2.24, 2.45) is 4.99 Å². The van der Waals surface area contributed by atoms with Gasteiger partial charge in [-0.2, -0.15) is 0 Å². The van der Waals surface area contributed by atoms with Crippen LogP contribution in [0.3, 0.4) is 0 Å². The van der Waals surface area contributed by atoms with Crippen molar-refractivity contribution in [1.29, 1.82) is 0 Å². The predicted octanol–water partition coefficient (Wildman–Crippen LogP) is 4.13. The highest BCUT2D eigenvalue weighted by atomic mass is 16.6. The van der Waals surface area contributed by atoms with Crippen molar-refractivity contribution in [1.82, 2.24) is 0 Å². The van der Waals surface area contributed by atoms with Gasteiger partial charge in [-0.25, -0.2) is 9.79 Å². The molecule has 3 rings (SSSR count). The molecule has 0 aliphatic carbocycles. The Morgan fingerprint density at radius 3 is 2.54 bits per heavy atom. The number of hydrogen-bond acceptors (Lipinski definition) is 4. The van der Waals surface area contributed by atoms with Crippen molar-refractivity contribution in [2.45, 2.75) is 26.9 Å². The Labute approximate surface area is 141 Å². The van der Waals surface area contributed by atoms with Crippen molar-refractivity contribution in [3.63, 3.8) is 0 Å². The quantitative estimate of drug-likeness (QED) is 0.628. The second kappa shape index (κ2) is 6.71. The first-order valence-electron chi connectivity index (χ1n) is 7.87. The summed E-state index contributed by atoms with van der Waals surface area (Å²) in [5.74, 6) is 0.703. The summed E-state index contributed by atoms with van der Waals surface area (Å²) in [6.45, 7) is 5.94. The molecule has 1 aliphatic rings. The summed E-state index contributed by atoms with van der Waals surface area (Å²) < 4.78 is 10.9. The van der Waals surface area contributed by atoms with Gasteiger partial charge in [0.15, 0.2) is 5.70 Å². The molecule has 0 radical (unpaired) electrons. The lowest BCUT2D eigenvalue weighted by molar-refractivity contribution is -0.129. The van der Waals surface area contributed by atoms with E-state index in [1.165, 1.54) is 0 Å². The minimum absolute atomic E-state index is 0.125. The molecule has 24 heavy (non-hydrogen) atoms. The zero-order valence-corrected chi connectivity index (χ0v) is 13.9. The molecule has 122 valence electrons. The summed E-state index contributed by atoms with van der Waals surface area (Å²) in [6, 6.07) is 15.2. The van der Waals surface area contributed by atoms with Gasteiger partial charge in [-0.15, -0.1) is 0 Å². The van der Waals surface area contributed by atoms with Crippen LogP contribution in [0.5, 0.6) is 5.75 Å². The van der Waals surface area contributed by atoms with Crippen molar-refractivity contribution < 1.29 is 14.3 Å². The molecule has 0 saturated carbocycles. The maximum Gasteiger partial charge on any atom is 0.363 e. The number of cyclic esters (lactones) is 1. The van der Waals surface area contributed by atoms with Gasteiger partial charge < -0.3 is 9.47 Å². The molecule has 0 N–H and O–H groups in total. The molecule has 0 fully saturated rings. The van der Waals surface area contributed by atoms with Gasteiger partial charge in [-0.3, -0.25) is 0 Å². The van der Waals surface area contributed by atoms with Crippen LogP contribution >= 0.6 is 0 Å². The van der Waals surface area contributed by atoms with Gasteiger partial charge in [0.25, 0.3) is 0 Å². The van der Waals surface area contributed by atoms with Crippen LogP contribution in [0.1, 0.15) is 30.5 Å². The Morgan fingerprint density at radius 1 is 1.12 bits per heavy atom. The Balaban J connectivity index is 1.83. The van der Waals surface area contributed by atoms with E-state index >= 15 is 0 Å². The lowest BCUT2D eigenvalue weighted by atomic mass is 10.1. The number of benzene rings is 2. The lowest BCUT2D eigenvalue weighted by Gasteiger charge is -2.09. The standard InChI is InChI=1S/C20H19NO3/c1-13(2)23-17-9-7-15(8-10-17)12-18-20(22)24-19(21-18)16-6-4-5-14(3)11-16/h4-13H,1-3H3/b18-12+. The fourth-order valence-corrected chi connectivity index (χ4v) is 2.38. The number of aryl methyl sites for hydroxylation is 1. The third-order valence-electron chi connectivity index (χ3n) is 3.44. The van der Waals surface area contributed by atoms with Gasteiger partial charge >= 0.3 is 5.97 Å². The molecule has 0 bridgehead atoms. The topological polar surface area (TPSA) is 47.9 Å². The maximum atomic E-state index is 12.0. The molecule has 0 unspecified atom stereocenters. The highest BCUT2D eigenvalue weighted by Gasteiger charge is 2.24. The first kappa shape index (κ1) is 16.0. The van der Waals surface area contributed by atoms with E-state index in [2.05, 4.69) is 4.99 Å². The number of ether oxygens (including phenoxy) is 2. The van der Waals surface area contributed by atoms with E-state index in [0.717, 1.165) is 22.4 Å². The molecule has 1 heterocycles. The smallest absolute Gasteiger partial charge is 0.363 e. The number of aliphatic imine (C=N–C) groups is 1. The predicted molar refractivity (Wildman–Crippen MR) is 94.0 cm³/mol. The SMILES string of the molecule is Cc1cccc(C2=N/C(=C/c3ccc(OC(C)C)cc3)C(=O)O2)c1. The lowest BCUT2D eigenvalue weighted by Crippen LogP contribution is -2.05. The Hall–Kier alpha value is -2.88. The van der Waals surface area contributed by atoms with Gasteiger partial charge in [0.2, 0.25) is 5.90 Å². The van der Waals surface area contributed by atoms with E-state index in [-0.39, 0.29) is 6.10 Å². The van der Waals surface area contributed by atoms with Crippen molar-refractivity contribution in [2.75, 3.05) is 0 Å². The summed E-state index contributed by atoms with van der Waals surface area (Å²) in [5, 5.41) is 0. The van der Waals surface area contributed by atoms with E-state index in [4.69, 9.17) is 9.47 Å². The number of carbonyl (C=O) groups excluding carboxylic acids is 1. The fourth-order valence-electron chi connectivity index (χ4n) is 2.38. The molecule has 4 heteroatoms. The van der Waals surface area contributed by atoms with Crippen LogP contribution in [0, 0.1) is 6.92 Å². The molecule has 2 aromatic rings. The number of hydrogen-bond donors (Lipinski definition) is 0. The monoisotopic (exact) mass is 321 g/mol. The first-order valence-corrected chi connectivity index (χ1v) is 7.87. The molecular formula is C20H19NO3. The third-order valence-corrected chi connectivity index (χ3v) is 3.44. The Kier molecular flexibility index (Phi) is 4.47. The second-order valence-electron chi connectivity index (χ2n) is 5.94. The van der Waals surface area contributed by atoms with Crippen LogP contribution in [-0.2, 0) is 9.53 Å². The highest BCUT2D eigenvalue weighted by Crippen LogP contribution is 2.21. The number of esters is 1. The average Bonchev–Trinajstić information content (AvgIpc) is 2.90. The molecule has 0 saturated heterocycles. The molecular weight excluding hydrogens is 302 g/mol. The summed E-state index contributed by atoms with van der Waals surface area (Å²) in [4.78, 5) is 16.4. The van der Waals surface area contributed by atoms with Gasteiger partial charge in [0, 0.05) is 5.56 Å². The highest BCUT2D eigenvalue weighted by molar-refractivity contribution is 6.12. The van der Waals surface area contributed by atoms with Crippen molar-refractivity contribution in [3.05, 3.63) is 70.9 Å². The van der Waals surface area contributed by atoms with Gasteiger partial charge in [-0.05, 0) is 56.7 Å². The second-order valence-corrected chi connectivity index (χ2v) is 5.94. The van der Waals surface area contributed by atoms with E-state index in [1.54, 1.807) is 6.08 Å². The summed E-state index contributed by atoms with van der Waals surface area (Å²) in [5.41, 5.74) is 3.05. The molecule has 2 aromatic carbocycles. The van der Waals surface area contributed by atoms with Crippen LogP contribution in [0.4, 0.5) is 0 Å². The van der Waals surface area contributed by atoms with Crippen LogP contribution in [0.25, 0.3) is 6.08 Å². The van der Waals surface area contributed by atoms with Crippen molar-refractivity contribution >= 4 is 17.9 Å². The van der Waals surface area contributed by atoms with Crippen LogP contribution in [0.2, 0.25) is 0 Å². The molecule has 0 spiro atoms. The van der Waals surface area contributed by atoms with Gasteiger partial charge in [0.05, 0.1) is 6.10 Å². The first-order chi connectivity index (χ1) is 11.5. The van der Waals surface area contributed by atoms with Crippen molar-refractivity contribution in [3.8, 4) is 5.75 Å². The number of rotatable bonds is 4. The van der Waals surface area contributed by atoms with Gasteiger partial charge in [0.1, 0.15) is 5.75 Å². The summed E-state index contributed by atoms with van der Waals surface area (Å²) >= 11 is 0. The minimum Gasteiger partial charge on any atom is -0.491 e. The van der Waals surface area contributed by atoms with Crippen LogP contribution in [-0.4, -0.2) is 18.0 Å². The third kappa shape index (κ3) is 3.71. The molecule has 0 amide bonds. The van der Waals surface area contributed by atoms with E-state index < -0.39 is 5.97 Å². The summed E-state index contributed by atoms with van der Waals surface area (Å²) in [7, 11) is 0. The largest absolute Gasteiger partial charge is 0.491 e. The minimum atomic E-state index is -0.436. The number of carbonyl (C=O) groups is 1. The van der Waals surface area contributed by atoms with Crippen LogP contribution < -0.4 is 4.74 Å². The number of nitrogens with zero attached hydrogens (tertiary/aromatic N) is 1. The van der Waals surface area contributed by atoms with E-state index in [0.29, 0.717) is 11.6 Å². The zero-order valence-electron chi connectivity index (χ0n) is 13.9.